The smallest absolute Gasteiger partial charge is 0.341 e. The van der Waals surface area contributed by atoms with Crippen molar-refractivity contribution in [1.29, 1.82) is 0 Å². The van der Waals surface area contributed by atoms with Crippen molar-refractivity contribution in [1.82, 2.24) is 0 Å². The Morgan fingerprint density at radius 3 is 2.44 bits per heavy atom. The average molecular weight is 222 g/mol. The second-order valence-electron chi connectivity index (χ2n) is 4.91. The fraction of sp³-hybridized carbons (Fsp3) is 0.462. The summed E-state index contributed by atoms with van der Waals surface area (Å²) in [5.41, 5.74) is 2.46. The Labute approximate surface area is 96.1 Å². The minimum absolute atomic E-state index is 0.0927. The highest BCUT2D eigenvalue weighted by molar-refractivity contribution is 5.68. The highest BCUT2D eigenvalue weighted by Gasteiger charge is 2.16. The quantitative estimate of drug-likeness (QED) is 0.855. The Morgan fingerprint density at radius 2 is 2.00 bits per heavy atom. The van der Waals surface area contributed by atoms with E-state index < -0.39 is 5.97 Å². The summed E-state index contributed by atoms with van der Waals surface area (Å²) in [6, 6.07) is 5.69. The van der Waals surface area contributed by atoms with Gasteiger partial charge in [-0.2, -0.15) is 0 Å². The predicted molar refractivity (Wildman–Crippen MR) is 63.0 cm³/mol. The third-order valence-electron chi connectivity index (χ3n) is 2.37. The van der Waals surface area contributed by atoms with E-state index in [-0.39, 0.29) is 12.0 Å². The number of carbonyl (C=O) groups is 1. The molecule has 0 amide bonds. The van der Waals surface area contributed by atoms with Crippen molar-refractivity contribution in [2.24, 2.45) is 0 Å². The van der Waals surface area contributed by atoms with Crippen LogP contribution in [0.5, 0.6) is 5.75 Å². The van der Waals surface area contributed by atoms with E-state index in [1.807, 2.05) is 25.1 Å². The van der Waals surface area contributed by atoms with E-state index in [4.69, 9.17) is 9.84 Å². The van der Waals surface area contributed by atoms with Gasteiger partial charge in [-0.15, -0.1) is 0 Å². The Balaban J connectivity index is 2.87. The van der Waals surface area contributed by atoms with Crippen molar-refractivity contribution in [3.8, 4) is 5.75 Å². The molecule has 3 heteroatoms. The molecule has 0 heterocycles. The van der Waals surface area contributed by atoms with E-state index in [1.165, 1.54) is 5.56 Å². The molecule has 0 radical (unpaired) electrons. The maximum Gasteiger partial charge on any atom is 0.341 e. The molecule has 0 aliphatic carbocycles. The molecule has 1 aromatic rings. The molecule has 16 heavy (non-hydrogen) atoms. The monoisotopic (exact) mass is 222 g/mol. The van der Waals surface area contributed by atoms with Crippen molar-refractivity contribution in [2.45, 2.75) is 33.1 Å². The molecule has 0 aliphatic rings. The molecule has 1 rings (SSSR count). The second-order valence-corrected chi connectivity index (χ2v) is 4.91. The highest BCUT2D eigenvalue weighted by Crippen LogP contribution is 2.28. The van der Waals surface area contributed by atoms with Crippen molar-refractivity contribution in [2.75, 3.05) is 6.61 Å². The van der Waals surface area contributed by atoms with Crippen LogP contribution >= 0.6 is 0 Å². The molecule has 0 aromatic heterocycles. The van der Waals surface area contributed by atoms with Crippen molar-refractivity contribution < 1.29 is 14.6 Å². The van der Waals surface area contributed by atoms with E-state index in [1.54, 1.807) is 0 Å². The summed E-state index contributed by atoms with van der Waals surface area (Å²) in [6.07, 6.45) is 0. The Bertz CT molecular complexity index is 389. The summed E-state index contributed by atoms with van der Waals surface area (Å²) >= 11 is 0. The number of aryl methyl sites for hydroxylation is 1. The second kappa shape index (κ2) is 4.56. The zero-order valence-corrected chi connectivity index (χ0v) is 10.2. The molecular formula is C13H18O3. The van der Waals surface area contributed by atoms with Gasteiger partial charge in [-0.3, -0.25) is 0 Å². The number of carboxylic acid groups (broad SMARTS) is 1. The molecule has 0 saturated heterocycles. The van der Waals surface area contributed by atoms with Crippen LogP contribution in [0, 0.1) is 6.92 Å². The van der Waals surface area contributed by atoms with Gasteiger partial charge in [0.15, 0.2) is 6.61 Å². The lowest BCUT2D eigenvalue weighted by Crippen LogP contribution is -2.14. The van der Waals surface area contributed by atoms with Gasteiger partial charge in [0, 0.05) is 0 Å². The van der Waals surface area contributed by atoms with E-state index in [0.29, 0.717) is 5.75 Å². The van der Waals surface area contributed by atoms with Crippen molar-refractivity contribution in [3.05, 3.63) is 29.3 Å². The fourth-order valence-electron chi connectivity index (χ4n) is 1.71. The Hall–Kier alpha value is -1.51. The number of benzene rings is 1. The van der Waals surface area contributed by atoms with Gasteiger partial charge in [0.2, 0.25) is 0 Å². The molecule has 0 spiro atoms. The normalized spacial score (nSPS) is 11.2. The van der Waals surface area contributed by atoms with E-state index in [9.17, 15) is 4.79 Å². The summed E-state index contributed by atoms with van der Waals surface area (Å²) < 4.78 is 5.12. The third-order valence-corrected chi connectivity index (χ3v) is 2.37. The van der Waals surface area contributed by atoms with Crippen LogP contribution in [0.1, 0.15) is 31.9 Å². The van der Waals surface area contributed by atoms with Gasteiger partial charge in [-0.05, 0) is 35.6 Å². The zero-order valence-electron chi connectivity index (χ0n) is 10.2. The lowest BCUT2D eigenvalue weighted by molar-refractivity contribution is -0.139. The first-order valence-electron chi connectivity index (χ1n) is 5.26. The molecule has 0 fully saturated rings. The number of aliphatic carboxylic acids is 1. The number of ether oxygens (including phenoxy) is 1. The SMILES string of the molecule is Cc1cc(OCC(=O)O)ccc1C(C)(C)C. The van der Waals surface area contributed by atoms with Crippen LogP contribution in [0.25, 0.3) is 0 Å². The lowest BCUT2D eigenvalue weighted by atomic mass is 9.84. The van der Waals surface area contributed by atoms with Crippen LogP contribution in [0.15, 0.2) is 18.2 Å². The van der Waals surface area contributed by atoms with Crippen LogP contribution < -0.4 is 4.74 Å². The van der Waals surface area contributed by atoms with Crippen LogP contribution in [0.3, 0.4) is 0 Å². The predicted octanol–water partition coefficient (Wildman–Crippen LogP) is 2.76. The number of rotatable bonds is 3. The molecule has 1 N–H and O–H groups in total. The molecule has 0 bridgehead atoms. The highest BCUT2D eigenvalue weighted by atomic mass is 16.5. The average Bonchev–Trinajstić information content (AvgIpc) is 2.12. The van der Waals surface area contributed by atoms with Gasteiger partial charge in [-0.25, -0.2) is 4.79 Å². The minimum atomic E-state index is -0.961. The zero-order chi connectivity index (χ0) is 12.3. The third kappa shape index (κ3) is 3.26. The van der Waals surface area contributed by atoms with Gasteiger partial charge in [0.05, 0.1) is 0 Å². The fourth-order valence-corrected chi connectivity index (χ4v) is 1.71. The van der Waals surface area contributed by atoms with Crippen LogP contribution in [-0.4, -0.2) is 17.7 Å². The van der Waals surface area contributed by atoms with Gasteiger partial charge in [0.1, 0.15) is 5.75 Å². The van der Waals surface area contributed by atoms with E-state index in [2.05, 4.69) is 20.8 Å². The topological polar surface area (TPSA) is 46.5 Å². The molecule has 88 valence electrons. The molecule has 0 saturated carbocycles. The minimum Gasteiger partial charge on any atom is -0.482 e. The van der Waals surface area contributed by atoms with Crippen LogP contribution in [0.4, 0.5) is 0 Å². The molecular weight excluding hydrogens is 204 g/mol. The number of hydrogen-bond donors (Lipinski definition) is 1. The van der Waals surface area contributed by atoms with Gasteiger partial charge < -0.3 is 9.84 Å². The standard InChI is InChI=1S/C13H18O3/c1-9-7-10(16-8-12(14)15)5-6-11(9)13(2,3)4/h5-7H,8H2,1-4H3,(H,14,15). The van der Waals surface area contributed by atoms with Crippen molar-refractivity contribution >= 4 is 5.97 Å². The summed E-state index contributed by atoms with van der Waals surface area (Å²) in [5, 5.41) is 8.50. The molecule has 1 aromatic carbocycles. The molecule has 0 aliphatic heterocycles. The van der Waals surface area contributed by atoms with E-state index in [0.717, 1.165) is 5.56 Å². The first kappa shape index (κ1) is 12.6. The van der Waals surface area contributed by atoms with Gasteiger partial charge >= 0.3 is 5.97 Å². The largest absolute Gasteiger partial charge is 0.482 e. The lowest BCUT2D eigenvalue weighted by Gasteiger charge is -2.22. The summed E-state index contributed by atoms with van der Waals surface area (Å²) in [5.74, 6) is -0.356. The van der Waals surface area contributed by atoms with Gasteiger partial charge in [0.25, 0.3) is 0 Å². The van der Waals surface area contributed by atoms with Crippen LogP contribution in [0.2, 0.25) is 0 Å². The number of hydrogen-bond acceptors (Lipinski definition) is 2. The van der Waals surface area contributed by atoms with Crippen molar-refractivity contribution in [3.63, 3.8) is 0 Å². The van der Waals surface area contributed by atoms with E-state index >= 15 is 0 Å². The summed E-state index contributed by atoms with van der Waals surface area (Å²) in [4.78, 5) is 10.4. The summed E-state index contributed by atoms with van der Waals surface area (Å²) in [6.45, 7) is 8.15. The van der Waals surface area contributed by atoms with Crippen LogP contribution in [-0.2, 0) is 10.2 Å². The first-order valence-corrected chi connectivity index (χ1v) is 5.26. The summed E-state index contributed by atoms with van der Waals surface area (Å²) in [7, 11) is 0. The maximum atomic E-state index is 10.4. The molecule has 3 nitrogen and oxygen atoms in total. The van der Waals surface area contributed by atoms with Gasteiger partial charge in [-0.1, -0.05) is 26.8 Å². The Kier molecular flexibility index (Phi) is 3.58. The molecule has 0 atom stereocenters. The number of carboxylic acids is 1. The molecule has 0 unspecified atom stereocenters. The Morgan fingerprint density at radius 1 is 1.38 bits per heavy atom. The maximum absolute atomic E-state index is 10.4. The first-order chi connectivity index (χ1) is 7.30.